The first-order valence-corrected chi connectivity index (χ1v) is 6.96. The minimum Gasteiger partial charge on any atom is -0.383 e. The molecule has 3 aromatic rings. The first kappa shape index (κ1) is 15.1. The van der Waals surface area contributed by atoms with E-state index in [1.54, 1.807) is 48.8 Å². The van der Waals surface area contributed by atoms with Gasteiger partial charge in [-0.3, -0.25) is 15.1 Å². The van der Waals surface area contributed by atoms with Crippen LogP contribution in [-0.4, -0.2) is 14.9 Å². The first-order valence-electron chi connectivity index (χ1n) is 6.96. The molecule has 0 aliphatic rings. The van der Waals surface area contributed by atoms with Crippen LogP contribution in [0.2, 0.25) is 0 Å². The van der Waals surface area contributed by atoms with Gasteiger partial charge in [0.2, 0.25) is 0 Å². The van der Waals surface area contributed by atoms with Crippen molar-refractivity contribution in [1.29, 1.82) is 5.26 Å². The number of nitrogens with zero attached hydrogens (tertiary/aromatic N) is 4. The van der Waals surface area contributed by atoms with Gasteiger partial charge in [0.15, 0.2) is 0 Å². The van der Waals surface area contributed by atoms with Crippen LogP contribution in [0.1, 0.15) is 5.56 Å². The number of hydrogen-bond acceptors (Lipinski definition) is 6. The molecule has 0 saturated heterocycles. The molecule has 0 fully saturated rings. The molecule has 0 saturated carbocycles. The third-order valence-electron chi connectivity index (χ3n) is 3.51. The maximum absolute atomic E-state index is 11.2. The SMILES string of the molecule is N#Cc1c(-c2cccnc2)cc(-c2ccccc2[N+](=O)[O-])nc1N. The van der Waals surface area contributed by atoms with E-state index >= 15 is 0 Å². The molecule has 0 aliphatic heterocycles. The number of pyridine rings is 2. The summed E-state index contributed by atoms with van der Waals surface area (Å²) in [6.07, 6.45) is 3.21. The van der Waals surface area contributed by atoms with Gasteiger partial charge in [0.05, 0.1) is 16.2 Å². The Hall–Kier alpha value is -3.79. The number of rotatable bonds is 3. The maximum atomic E-state index is 11.2. The van der Waals surface area contributed by atoms with Gasteiger partial charge in [0, 0.05) is 29.6 Å². The number of nitro groups is 1. The summed E-state index contributed by atoms with van der Waals surface area (Å²) in [5, 5.41) is 20.6. The molecule has 0 amide bonds. The molecule has 1 aromatic carbocycles. The molecule has 7 nitrogen and oxygen atoms in total. The predicted octanol–water partition coefficient (Wildman–Crippen LogP) is 3.17. The number of benzene rings is 1. The third-order valence-corrected chi connectivity index (χ3v) is 3.51. The standard InChI is InChI=1S/C17H11N5O2/c18-9-14-13(11-4-3-7-20-10-11)8-15(21-17(14)19)12-5-1-2-6-16(12)22(23)24/h1-8,10H,(H2,19,21). The highest BCUT2D eigenvalue weighted by atomic mass is 16.6. The molecule has 0 unspecified atom stereocenters. The molecule has 0 atom stereocenters. The minimum atomic E-state index is -0.477. The number of nitro benzene ring substituents is 1. The van der Waals surface area contributed by atoms with Crippen LogP contribution in [-0.2, 0) is 0 Å². The summed E-state index contributed by atoms with van der Waals surface area (Å²) in [4.78, 5) is 19.0. The summed E-state index contributed by atoms with van der Waals surface area (Å²) in [5.41, 5.74) is 7.93. The zero-order valence-corrected chi connectivity index (χ0v) is 12.4. The highest BCUT2D eigenvalue weighted by Crippen LogP contribution is 2.34. The lowest BCUT2D eigenvalue weighted by Gasteiger charge is -2.10. The average Bonchev–Trinajstić information content (AvgIpc) is 2.61. The minimum absolute atomic E-state index is 0.0204. The second-order valence-electron chi connectivity index (χ2n) is 4.94. The van der Waals surface area contributed by atoms with Gasteiger partial charge in [0.1, 0.15) is 17.5 Å². The summed E-state index contributed by atoms with van der Waals surface area (Å²) in [5.74, 6) is 0.0204. The molecule has 2 aromatic heterocycles. The lowest BCUT2D eigenvalue weighted by molar-refractivity contribution is -0.384. The Kier molecular flexibility index (Phi) is 3.87. The molecule has 3 rings (SSSR count). The normalized spacial score (nSPS) is 10.1. The fourth-order valence-corrected chi connectivity index (χ4v) is 2.42. The third kappa shape index (κ3) is 2.64. The molecule has 0 spiro atoms. The van der Waals surface area contributed by atoms with Gasteiger partial charge in [-0.1, -0.05) is 18.2 Å². The van der Waals surface area contributed by atoms with Gasteiger partial charge in [0.25, 0.3) is 5.69 Å². The number of anilines is 1. The van der Waals surface area contributed by atoms with Crippen LogP contribution in [0.4, 0.5) is 11.5 Å². The molecule has 0 radical (unpaired) electrons. The average molecular weight is 317 g/mol. The van der Waals surface area contributed by atoms with Crippen molar-refractivity contribution in [2.24, 2.45) is 0 Å². The highest BCUT2D eigenvalue weighted by molar-refractivity contribution is 5.82. The quantitative estimate of drug-likeness (QED) is 0.585. The topological polar surface area (TPSA) is 119 Å². The van der Waals surface area contributed by atoms with Crippen molar-refractivity contribution in [3.63, 3.8) is 0 Å². The smallest absolute Gasteiger partial charge is 0.278 e. The Labute approximate surface area is 137 Å². The van der Waals surface area contributed by atoms with E-state index in [1.165, 1.54) is 6.07 Å². The number of aromatic nitrogens is 2. The molecule has 24 heavy (non-hydrogen) atoms. The number of nitrogens with two attached hydrogens (primary N) is 1. The Balaban J connectivity index is 2.28. The Morgan fingerprint density at radius 2 is 1.96 bits per heavy atom. The zero-order valence-electron chi connectivity index (χ0n) is 12.4. The van der Waals surface area contributed by atoms with Crippen LogP contribution in [0.5, 0.6) is 0 Å². The van der Waals surface area contributed by atoms with Crippen LogP contribution in [0.15, 0.2) is 54.9 Å². The van der Waals surface area contributed by atoms with Crippen LogP contribution in [0, 0.1) is 21.4 Å². The van der Waals surface area contributed by atoms with Crippen molar-refractivity contribution in [2.75, 3.05) is 5.73 Å². The van der Waals surface area contributed by atoms with Gasteiger partial charge in [-0.25, -0.2) is 4.98 Å². The van der Waals surface area contributed by atoms with E-state index in [1.807, 2.05) is 6.07 Å². The molecular formula is C17H11N5O2. The largest absolute Gasteiger partial charge is 0.383 e. The number of nitriles is 1. The summed E-state index contributed by atoms with van der Waals surface area (Å²) >= 11 is 0. The van der Waals surface area contributed by atoms with Gasteiger partial charge in [-0.05, 0) is 18.2 Å². The second-order valence-corrected chi connectivity index (χ2v) is 4.94. The van der Waals surface area contributed by atoms with Crippen molar-refractivity contribution < 1.29 is 4.92 Å². The summed E-state index contributed by atoms with van der Waals surface area (Å²) in [6, 6.07) is 13.4. The van der Waals surface area contributed by atoms with E-state index in [0.29, 0.717) is 22.4 Å². The van der Waals surface area contributed by atoms with Crippen molar-refractivity contribution in [2.45, 2.75) is 0 Å². The Morgan fingerprint density at radius 3 is 2.62 bits per heavy atom. The first-order chi connectivity index (χ1) is 11.6. The molecular weight excluding hydrogens is 306 g/mol. The molecule has 0 bridgehead atoms. The van der Waals surface area contributed by atoms with E-state index in [-0.39, 0.29) is 17.1 Å². The summed E-state index contributed by atoms with van der Waals surface area (Å²) in [6.45, 7) is 0. The van der Waals surface area contributed by atoms with E-state index in [0.717, 1.165) is 0 Å². The van der Waals surface area contributed by atoms with E-state index in [4.69, 9.17) is 5.73 Å². The molecule has 7 heteroatoms. The number of para-hydroxylation sites is 1. The van der Waals surface area contributed by atoms with Crippen molar-refractivity contribution in [3.05, 3.63) is 70.5 Å². The predicted molar refractivity (Wildman–Crippen MR) is 88.7 cm³/mol. The lowest BCUT2D eigenvalue weighted by atomic mass is 9.99. The second kappa shape index (κ2) is 6.14. The van der Waals surface area contributed by atoms with Gasteiger partial charge in [-0.2, -0.15) is 5.26 Å². The van der Waals surface area contributed by atoms with Crippen molar-refractivity contribution in [1.82, 2.24) is 9.97 Å². The van der Waals surface area contributed by atoms with Crippen molar-refractivity contribution >= 4 is 11.5 Å². The van der Waals surface area contributed by atoms with Gasteiger partial charge < -0.3 is 5.73 Å². The molecule has 2 heterocycles. The number of hydrogen-bond donors (Lipinski definition) is 1. The Bertz CT molecular complexity index is 964. The Morgan fingerprint density at radius 1 is 1.17 bits per heavy atom. The number of nitrogen functional groups attached to an aromatic ring is 1. The highest BCUT2D eigenvalue weighted by Gasteiger charge is 2.19. The lowest BCUT2D eigenvalue weighted by Crippen LogP contribution is -2.01. The fourth-order valence-electron chi connectivity index (χ4n) is 2.42. The zero-order chi connectivity index (χ0) is 17.1. The fraction of sp³-hybridized carbons (Fsp3) is 0. The van der Waals surface area contributed by atoms with E-state index in [2.05, 4.69) is 9.97 Å². The van der Waals surface area contributed by atoms with Crippen LogP contribution in [0.3, 0.4) is 0 Å². The van der Waals surface area contributed by atoms with Gasteiger partial charge >= 0.3 is 0 Å². The van der Waals surface area contributed by atoms with E-state index < -0.39 is 4.92 Å². The van der Waals surface area contributed by atoms with E-state index in [9.17, 15) is 15.4 Å². The van der Waals surface area contributed by atoms with Crippen LogP contribution in [0.25, 0.3) is 22.4 Å². The van der Waals surface area contributed by atoms with Gasteiger partial charge in [-0.15, -0.1) is 0 Å². The maximum Gasteiger partial charge on any atom is 0.278 e. The molecule has 116 valence electrons. The summed E-state index contributed by atoms with van der Waals surface area (Å²) in [7, 11) is 0. The monoisotopic (exact) mass is 317 g/mol. The van der Waals surface area contributed by atoms with Crippen molar-refractivity contribution in [3.8, 4) is 28.5 Å². The molecule has 0 aliphatic carbocycles. The van der Waals surface area contributed by atoms with Crippen LogP contribution >= 0.6 is 0 Å². The summed E-state index contributed by atoms with van der Waals surface area (Å²) < 4.78 is 0. The molecule has 2 N–H and O–H groups in total. The van der Waals surface area contributed by atoms with Crippen LogP contribution < -0.4 is 5.73 Å².